The summed E-state index contributed by atoms with van der Waals surface area (Å²) in [6, 6.07) is 23.2. The molecule has 4 nitrogen and oxygen atoms in total. The van der Waals surface area contributed by atoms with E-state index in [1.165, 1.54) is 0 Å². The van der Waals surface area contributed by atoms with E-state index < -0.39 is 5.92 Å². The van der Waals surface area contributed by atoms with E-state index in [2.05, 4.69) is 45.7 Å². The molecular weight excluding hydrogens is 592 g/mol. The topological polar surface area (TPSA) is 64.4 Å². The van der Waals surface area contributed by atoms with Gasteiger partial charge in [0.15, 0.2) is 5.78 Å². The summed E-state index contributed by atoms with van der Waals surface area (Å²) in [5.74, 6) is -0.305. The fraction of sp³-hybridized carbons (Fsp3) is 0.226. The van der Waals surface area contributed by atoms with Gasteiger partial charge in [-0.2, -0.15) is 0 Å². The summed E-state index contributed by atoms with van der Waals surface area (Å²) in [7, 11) is 0. The highest BCUT2D eigenvalue weighted by Gasteiger charge is 2.46. The smallest absolute Gasteiger partial charge is 0.162 e. The van der Waals surface area contributed by atoms with Crippen molar-refractivity contribution in [2.75, 3.05) is 4.90 Å². The summed E-state index contributed by atoms with van der Waals surface area (Å²) < 4.78 is 1.81. The molecule has 5 rings (SSSR count). The van der Waals surface area contributed by atoms with Gasteiger partial charge in [-0.3, -0.25) is 15.1 Å². The Balaban J connectivity index is 1.85. The average molecular weight is 620 g/mol. The molecule has 0 radical (unpaired) electrons. The van der Waals surface area contributed by atoms with Crippen LogP contribution in [0.2, 0.25) is 0 Å². The first-order valence-electron chi connectivity index (χ1n) is 12.2. The highest BCUT2D eigenvalue weighted by molar-refractivity contribution is 9.10. The Bertz CT molecular complexity index is 1470. The minimum Gasteiger partial charge on any atom is -0.507 e. The number of halogens is 2. The number of benzene rings is 3. The molecule has 0 bridgehead atoms. The van der Waals surface area contributed by atoms with E-state index in [4.69, 9.17) is 0 Å². The quantitative estimate of drug-likeness (QED) is 0.288. The molecule has 0 aromatic heterocycles. The van der Waals surface area contributed by atoms with Gasteiger partial charge in [-0.1, -0.05) is 93.7 Å². The molecule has 0 fully saturated rings. The van der Waals surface area contributed by atoms with E-state index in [9.17, 15) is 15.3 Å². The highest BCUT2D eigenvalue weighted by atomic mass is 79.9. The molecule has 2 N–H and O–H groups in total. The minimum absolute atomic E-state index is 0.0158. The maximum atomic E-state index is 13.9. The lowest BCUT2D eigenvalue weighted by molar-refractivity contribution is -0.118. The molecule has 2 aliphatic rings. The van der Waals surface area contributed by atoms with Crippen LogP contribution in [0, 0.1) is 17.7 Å². The maximum Gasteiger partial charge on any atom is 0.162 e. The number of ketones is 1. The Hall–Kier alpha value is -2.96. The van der Waals surface area contributed by atoms with Crippen molar-refractivity contribution in [3.8, 4) is 0 Å². The number of aliphatic hydroxyl groups is 1. The molecule has 37 heavy (non-hydrogen) atoms. The van der Waals surface area contributed by atoms with Crippen molar-refractivity contribution in [3.63, 3.8) is 0 Å². The third kappa shape index (κ3) is 4.85. The largest absolute Gasteiger partial charge is 0.507 e. The minimum atomic E-state index is -0.552. The summed E-state index contributed by atoms with van der Waals surface area (Å²) in [5.41, 5.74) is 5.02. The van der Waals surface area contributed by atoms with Crippen LogP contribution in [-0.2, 0) is 4.79 Å². The van der Waals surface area contributed by atoms with Crippen LogP contribution in [-0.4, -0.2) is 16.7 Å². The number of nitrogens with one attached hydrogen (secondary N) is 1. The molecule has 3 aromatic rings. The summed E-state index contributed by atoms with van der Waals surface area (Å²) in [6.07, 6.45) is 1.06. The van der Waals surface area contributed by atoms with Crippen molar-refractivity contribution < 1.29 is 9.90 Å². The molecule has 0 spiro atoms. The van der Waals surface area contributed by atoms with E-state index in [0.717, 1.165) is 31.5 Å². The molecule has 1 aliphatic heterocycles. The monoisotopic (exact) mass is 618 g/mol. The van der Waals surface area contributed by atoms with Gasteiger partial charge < -0.3 is 5.11 Å². The highest BCUT2D eigenvalue weighted by Crippen LogP contribution is 2.51. The summed E-state index contributed by atoms with van der Waals surface area (Å²) in [4.78, 5) is 15.8. The van der Waals surface area contributed by atoms with Gasteiger partial charge in [0.2, 0.25) is 0 Å². The fourth-order valence-electron chi connectivity index (χ4n) is 5.37. The maximum absolute atomic E-state index is 13.9. The molecule has 0 amide bonds. The van der Waals surface area contributed by atoms with Crippen LogP contribution in [0.3, 0.4) is 0 Å². The van der Waals surface area contributed by atoms with E-state index in [0.29, 0.717) is 29.6 Å². The van der Waals surface area contributed by atoms with Crippen LogP contribution in [0.1, 0.15) is 49.3 Å². The van der Waals surface area contributed by atoms with Crippen molar-refractivity contribution in [1.29, 1.82) is 5.41 Å². The number of carbonyl (C=O) groups excluding carboxylic acids is 1. The Morgan fingerprint density at radius 2 is 1.65 bits per heavy atom. The second kappa shape index (κ2) is 9.73. The lowest BCUT2D eigenvalue weighted by atomic mass is 9.67. The number of nitrogens with zero attached hydrogens (tertiary/aromatic N) is 1. The van der Waals surface area contributed by atoms with Gasteiger partial charge in [0.1, 0.15) is 11.6 Å². The van der Waals surface area contributed by atoms with Crippen LogP contribution in [0.5, 0.6) is 0 Å². The Labute approximate surface area is 234 Å². The molecule has 3 aromatic carbocycles. The van der Waals surface area contributed by atoms with Crippen LogP contribution < -0.4 is 4.90 Å². The average Bonchev–Trinajstić information content (AvgIpc) is 2.83. The van der Waals surface area contributed by atoms with Crippen LogP contribution in [0.25, 0.3) is 5.76 Å². The fourth-order valence-corrected chi connectivity index (χ4v) is 6.02. The molecule has 0 saturated carbocycles. The summed E-state index contributed by atoms with van der Waals surface area (Å²) in [5, 5.41) is 21.3. The molecule has 1 aliphatic carbocycles. The predicted molar refractivity (Wildman–Crippen MR) is 157 cm³/mol. The van der Waals surface area contributed by atoms with Crippen molar-refractivity contribution >= 4 is 54.9 Å². The number of amidine groups is 1. The van der Waals surface area contributed by atoms with Gasteiger partial charge in [0.25, 0.3) is 0 Å². The number of allylic oxidation sites excluding steroid dienone is 2. The first-order valence-corrected chi connectivity index (χ1v) is 13.8. The molecular formula is C31H28Br2N2O2. The predicted octanol–water partition coefficient (Wildman–Crippen LogP) is 8.71. The Morgan fingerprint density at radius 3 is 2.30 bits per heavy atom. The van der Waals surface area contributed by atoms with Crippen LogP contribution in [0.15, 0.2) is 98.6 Å². The van der Waals surface area contributed by atoms with Crippen molar-refractivity contribution in [2.45, 2.75) is 39.5 Å². The SMILES string of the molecule is Cc1ccc(/C(O)=C2\C(=N)N(c3cccc(Br)c3)C3=C(C(=O)CC(C)(C)C3)C2c2ccc(Br)cc2)cc1. The zero-order chi connectivity index (χ0) is 26.5. The Kier molecular flexibility index (Phi) is 6.75. The van der Waals surface area contributed by atoms with Crippen molar-refractivity contribution in [3.05, 3.63) is 115 Å². The van der Waals surface area contributed by atoms with Gasteiger partial charge in [0.05, 0.1) is 0 Å². The van der Waals surface area contributed by atoms with Crippen molar-refractivity contribution in [1.82, 2.24) is 0 Å². The first-order chi connectivity index (χ1) is 17.6. The molecule has 1 unspecified atom stereocenters. The van der Waals surface area contributed by atoms with Gasteiger partial charge in [-0.25, -0.2) is 0 Å². The van der Waals surface area contributed by atoms with Gasteiger partial charge in [-0.05, 0) is 54.7 Å². The molecule has 6 heteroatoms. The Morgan fingerprint density at radius 1 is 0.973 bits per heavy atom. The van der Waals surface area contributed by atoms with Crippen LogP contribution >= 0.6 is 31.9 Å². The van der Waals surface area contributed by atoms with E-state index in [-0.39, 0.29) is 22.8 Å². The molecule has 1 atom stereocenters. The number of hydrogen-bond donors (Lipinski definition) is 2. The van der Waals surface area contributed by atoms with Gasteiger partial charge in [-0.15, -0.1) is 0 Å². The first kappa shape index (κ1) is 25.7. The third-order valence-electron chi connectivity index (χ3n) is 7.07. The molecule has 0 saturated heterocycles. The lowest BCUT2D eigenvalue weighted by Crippen LogP contribution is -2.45. The standard InChI is InChI=1S/C31H28Br2N2O2/c1-18-7-9-20(10-8-18)29(37)28-26(19-11-13-21(32)14-12-19)27-24(16-31(2,3)17-25(27)36)35(30(28)34)23-6-4-5-22(33)15-23/h4-15,26,34,37H,16-17H2,1-3H3/b29-28+,34-30?. The zero-order valence-corrected chi connectivity index (χ0v) is 24.2. The molecule has 188 valence electrons. The molecule has 1 heterocycles. The second-order valence-electron chi connectivity index (χ2n) is 10.6. The number of Topliss-reactive ketones (excluding diaryl/α,β-unsaturated/α-hetero) is 1. The number of aryl methyl sites for hydroxylation is 1. The number of rotatable bonds is 3. The van der Waals surface area contributed by atoms with Gasteiger partial charge in [0, 0.05) is 49.4 Å². The number of hydrogen-bond acceptors (Lipinski definition) is 3. The zero-order valence-electron chi connectivity index (χ0n) is 21.0. The third-order valence-corrected chi connectivity index (χ3v) is 8.09. The van der Waals surface area contributed by atoms with E-state index >= 15 is 0 Å². The number of aliphatic hydroxyl groups excluding tert-OH is 1. The normalized spacial score (nSPS) is 20.7. The van der Waals surface area contributed by atoms with Gasteiger partial charge >= 0.3 is 0 Å². The van der Waals surface area contributed by atoms with Crippen LogP contribution in [0.4, 0.5) is 5.69 Å². The van der Waals surface area contributed by atoms with E-state index in [1.54, 1.807) is 0 Å². The van der Waals surface area contributed by atoms with E-state index in [1.807, 2.05) is 84.6 Å². The number of anilines is 1. The summed E-state index contributed by atoms with van der Waals surface area (Å²) in [6.45, 7) is 6.19. The number of carbonyl (C=O) groups is 1. The summed E-state index contributed by atoms with van der Waals surface area (Å²) >= 11 is 7.08. The second-order valence-corrected chi connectivity index (χ2v) is 12.4. The van der Waals surface area contributed by atoms with Crippen molar-refractivity contribution in [2.24, 2.45) is 5.41 Å². The lowest BCUT2D eigenvalue weighted by Gasteiger charge is -2.45.